The number of nitrogens with one attached hydrogen (secondary N) is 1. The van der Waals surface area contributed by atoms with E-state index in [4.69, 9.17) is 11.6 Å². The van der Waals surface area contributed by atoms with Crippen molar-refractivity contribution in [1.82, 2.24) is 5.32 Å². The van der Waals surface area contributed by atoms with E-state index in [1.165, 1.54) is 0 Å². The normalized spacial score (nSPS) is 12.8. The van der Waals surface area contributed by atoms with E-state index in [2.05, 4.69) is 19.2 Å². The highest BCUT2D eigenvalue weighted by molar-refractivity contribution is 6.30. The van der Waals surface area contributed by atoms with Crippen LogP contribution in [0.4, 0.5) is 4.39 Å². The highest BCUT2D eigenvalue weighted by Gasteiger charge is 2.11. The van der Waals surface area contributed by atoms with Gasteiger partial charge < -0.3 is 5.32 Å². The highest BCUT2D eigenvalue weighted by Crippen LogP contribution is 2.19. The Hall–Kier alpha value is -0.600. The van der Waals surface area contributed by atoms with Crippen LogP contribution in [0.2, 0.25) is 5.02 Å². The van der Waals surface area contributed by atoms with Gasteiger partial charge in [-0.25, -0.2) is 4.39 Å². The molecule has 90 valence electrons. The highest BCUT2D eigenvalue weighted by atomic mass is 35.5. The van der Waals surface area contributed by atoms with Gasteiger partial charge in [-0.05, 0) is 37.4 Å². The lowest BCUT2D eigenvalue weighted by atomic mass is 10.0. The van der Waals surface area contributed by atoms with Crippen molar-refractivity contribution in [3.63, 3.8) is 0 Å². The minimum Gasteiger partial charge on any atom is -0.314 e. The van der Waals surface area contributed by atoms with E-state index in [0.29, 0.717) is 18.0 Å². The Bertz CT molecular complexity index is 328. The van der Waals surface area contributed by atoms with Gasteiger partial charge >= 0.3 is 0 Å². The van der Waals surface area contributed by atoms with Crippen molar-refractivity contribution >= 4 is 11.6 Å². The van der Waals surface area contributed by atoms with Crippen LogP contribution in [0.3, 0.4) is 0 Å². The molecular weight excluding hydrogens is 225 g/mol. The number of halogens is 2. The molecule has 3 heteroatoms. The molecule has 1 N–H and O–H groups in total. The van der Waals surface area contributed by atoms with Crippen LogP contribution in [0.5, 0.6) is 0 Å². The Morgan fingerprint density at radius 2 is 2.12 bits per heavy atom. The lowest BCUT2D eigenvalue weighted by Gasteiger charge is -2.17. The van der Waals surface area contributed by atoms with Gasteiger partial charge in [-0.3, -0.25) is 0 Å². The molecule has 16 heavy (non-hydrogen) atoms. The first-order chi connectivity index (χ1) is 7.69. The first-order valence-electron chi connectivity index (χ1n) is 5.85. The molecule has 1 rings (SSSR count). The molecule has 0 bridgehead atoms. The Labute approximate surface area is 102 Å². The zero-order chi connectivity index (χ0) is 12.0. The fourth-order valence-corrected chi connectivity index (χ4v) is 1.87. The standard InChI is InChI=1S/C13H19ClFN/c1-3-8-16-11(4-2)9-10-6-5-7-12(14)13(10)15/h5-7,11,16H,3-4,8-9H2,1-2H3. The van der Waals surface area contributed by atoms with Crippen molar-refractivity contribution in [1.29, 1.82) is 0 Å². The van der Waals surface area contributed by atoms with Crippen LogP contribution < -0.4 is 5.32 Å². The quantitative estimate of drug-likeness (QED) is 0.802. The SMILES string of the molecule is CCCNC(CC)Cc1cccc(Cl)c1F. The maximum Gasteiger partial charge on any atom is 0.145 e. The molecule has 0 spiro atoms. The third kappa shape index (κ3) is 3.76. The molecule has 0 heterocycles. The molecule has 1 unspecified atom stereocenters. The summed E-state index contributed by atoms with van der Waals surface area (Å²) in [5, 5.41) is 3.62. The molecule has 0 amide bonds. The van der Waals surface area contributed by atoms with E-state index in [-0.39, 0.29) is 10.8 Å². The second-order valence-corrected chi connectivity index (χ2v) is 4.38. The van der Waals surface area contributed by atoms with Crippen LogP contribution in [0.1, 0.15) is 32.3 Å². The van der Waals surface area contributed by atoms with Gasteiger partial charge in [-0.1, -0.05) is 37.6 Å². The van der Waals surface area contributed by atoms with Gasteiger partial charge in [-0.2, -0.15) is 0 Å². The molecule has 0 saturated heterocycles. The van der Waals surface area contributed by atoms with Crippen molar-refractivity contribution in [3.05, 3.63) is 34.6 Å². The van der Waals surface area contributed by atoms with E-state index >= 15 is 0 Å². The summed E-state index contributed by atoms with van der Waals surface area (Å²) < 4.78 is 13.7. The maximum atomic E-state index is 13.7. The number of rotatable bonds is 6. The number of hydrogen-bond acceptors (Lipinski definition) is 1. The van der Waals surface area contributed by atoms with Crippen molar-refractivity contribution in [3.8, 4) is 0 Å². The summed E-state index contributed by atoms with van der Waals surface area (Å²) in [6, 6.07) is 5.51. The van der Waals surface area contributed by atoms with E-state index < -0.39 is 0 Å². The van der Waals surface area contributed by atoms with Gasteiger partial charge in [0.05, 0.1) is 5.02 Å². The molecular formula is C13H19ClFN. The average Bonchev–Trinajstić information content (AvgIpc) is 2.30. The van der Waals surface area contributed by atoms with Crippen LogP contribution >= 0.6 is 11.6 Å². The Kier molecular flexibility index (Phi) is 5.78. The summed E-state index contributed by atoms with van der Waals surface area (Å²) in [7, 11) is 0. The first-order valence-corrected chi connectivity index (χ1v) is 6.23. The second kappa shape index (κ2) is 6.87. The van der Waals surface area contributed by atoms with Gasteiger partial charge in [-0.15, -0.1) is 0 Å². The second-order valence-electron chi connectivity index (χ2n) is 3.98. The average molecular weight is 244 g/mol. The molecule has 0 radical (unpaired) electrons. The third-order valence-electron chi connectivity index (χ3n) is 2.67. The molecule has 0 aliphatic heterocycles. The summed E-state index contributed by atoms with van der Waals surface area (Å²) in [5.74, 6) is -0.277. The van der Waals surface area contributed by atoms with E-state index in [9.17, 15) is 4.39 Å². The third-order valence-corrected chi connectivity index (χ3v) is 2.97. The fourth-order valence-electron chi connectivity index (χ4n) is 1.68. The lowest BCUT2D eigenvalue weighted by Crippen LogP contribution is -2.31. The van der Waals surface area contributed by atoms with E-state index in [0.717, 1.165) is 19.4 Å². The Morgan fingerprint density at radius 3 is 2.75 bits per heavy atom. The van der Waals surface area contributed by atoms with Crippen LogP contribution in [-0.4, -0.2) is 12.6 Å². The van der Waals surface area contributed by atoms with Crippen LogP contribution in [0, 0.1) is 5.82 Å². The minimum absolute atomic E-state index is 0.211. The summed E-state index contributed by atoms with van der Waals surface area (Å²) in [6.07, 6.45) is 2.78. The van der Waals surface area contributed by atoms with Crippen LogP contribution in [0.25, 0.3) is 0 Å². The first kappa shape index (κ1) is 13.5. The maximum absolute atomic E-state index is 13.7. The Balaban J connectivity index is 2.66. The van der Waals surface area contributed by atoms with Gasteiger partial charge in [0.15, 0.2) is 0 Å². The molecule has 1 aromatic rings. The monoisotopic (exact) mass is 243 g/mol. The van der Waals surface area contributed by atoms with Crippen LogP contribution in [-0.2, 0) is 6.42 Å². The van der Waals surface area contributed by atoms with Gasteiger partial charge in [0.25, 0.3) is 0 Å². The van der Waals surface area contributed by atoms with Gasteiger partial charge in [0.1, 0.15) is 5.82 Å². The molecule has 0 aliphatic carbocycles. The molecule has 0 aliphatic rings. The van der Waals surface area contributed by atoms with Gasteiger partial charge in [0.2, 0.25) is 0 Å². The summed E-state index contributed by atoms with van der Waals surface area (Å²) >= 11 is 5.75. The van der Waals surface area contributed by atoms with E-state index in [1.807, 2.05) is 0 Å². The summed E-state index contributed by atoms with van der Waals surface area (Å²) in [6.45, 7) is 5.20. The molecule has 0 saturated carbocycles. The van der Waals surface area contributed by atoms with Crippen molar-refractivity contribution in [2.75, 3.05) is 6.54 Å². The zero-order valence-corrected chi connectivity index (χ0v) is 10.6. The summed E-state index contributed by atoms with van der Waals surface area (Å²) in [4.78, 5) is 0. The molecule has 1 nitrogen and oxygen atoms in total. The Morgan fingerprint density at radius 1 is 1.38 bits per heavy atom. The molecule has 1 aromatic carbocycles. The smallest absolute Gasteiger partial charge is 0.145 e. The minimum atomic E-state index is -0.277. The predicted octanol–water partition coefficient (Wildman–Crippen LogP) is 3.80. The van der Waals surface area contributed by atoms with Crippen LogP contribution in [0.15, 0.2) is 18.2 Å². The predicted molar refractivity (Wildman–Crippen MR) is 67.5 cm³/mol. The van der Waals surface area contributed by atoms with Crippen molar-refractivity contribution < 1.29 is 4.39 Å². The van der Waals surface area contributed by atoms with Gasteiger partial charge in [0, 0.05) is 6.04 Å². The fraction of sp³-hybridized carbons (Fsp3) is 0.538. The summed E-state index contributed by atoms with van der Waals surface area (Å²) in [5.41, 5.74) is 0.697. The van der Waals surface area contributed by atoms with Crippen molar-refractivity contribution in [2.45, 2.75) is 39.2 Å². The molecule has 0 fully saturated rings. The zero-order valence-electron chi connectivity index (χ0n) is 9.89. The lowest BCUT2D eigenvalue weighted by molar-refractivity contribution is 0.483. The van der Waals surface area contributed by atoms with E-state index in [1.54, 1.807) is 18.2 Å². The number of benzene rings is 1. The molecule has 1 atom stereocenters. The number of hydrogen-bond donors (Lipinski definition) is 1. The topological polar surface area (TPSA) is 12.0 Å². The van der Waals surface area contributed by atoms with Crippen molar-refractivity contribution in [2.24, 2.45) is 0 Å². The largest absolute Gasteiger partial charge is 0.314 e. The molecule has 0 aromatic heterocycles.